The standard InChI is InChI=1S/C15H19N3OS/c16-11-15(8-4-5-9-15)14-17-13(18-19-14)10-20-12-6-2-1-3-7-12/h1-3,6-7H,4-5,8-11,16H2. The van der Waals surface area contributed by atoms with Crippen molar-refractivity contribution in [3.05, 3.63) is 42.0 Å². The fourth-order valence-electron chi connectivity index (χ4n) is 2.75. The zero-order valence-electron chi connectivity index (χ0n) is 11.4. The molecule has 0 spiro atoms. The summed E-state index contributed by atoms with van der Waals surface area (Å²) in [4.78, 5) is 5.79. The molecule has 1 aliphatic rings. The van der Waals surface area contributed by atoms with E-state index in [2.05, 4.69) is 22.3 Å². The van der Waals surface area contributed by atoms with Crippen LogP contribution in [0.3, 0.4) is 0 Å². The average molecular weight is 289 g/mol. The third-order valence-electron chi connectivity index (χ3n) is 3.98. The Bertz CT molecular complexity index is 549. The summed E-state index contributed by atoms with van der Waals surface area (Å²) in [6.45, 7) is 0.598. The molecule has 2 aromatic rings. The molecule has 0 radical (unpaired) electrons. The van der Waals surface area contributed by atoms with Crippen molar-refractivity contribution in [2.75, 3.05) is 6.54 Å². The monoisotopic (exact) mass is 289 g/mol. The van der Waals surface area contributed by atoms with Crippen molar-refractivity contribution in [1.82, 2.24) is 10.1 Å². The maximum atomic E-state index is 5.94. The normalized spacial score (nSPS) is 17.4. The molecule has 2 N–H and O–H groups in total. The molecule has 3 rings (SSSR count). The maximum absolute atomic E-state index is 5.94. The Morgan fingerprint density at radius 3 is 2.65 bits per heavy atom. The largest absolute Gasteiger partial charge is 0.339 e. The maximum Gasteiger partial charge on any atom is 0.234 e. The van der Waals surface area contributed by atoms with Gasteiger partial charge in [-0.3, -0.25) is 0 Å². The number of thioether (sulfide) groups is 1. The number of hydrogen-bond acceptors (Lipinski definition) is 5. The zero-order chi connectivity index (χ0) is 13.8. The first-order valence-corrected chi connectivity index (χ1v) is 8.02. The molecule has 1 fully saturated rings. The van der Waals surface area contributed by atoms with E-state index in [0.717, 1.165) is 30.3 Å². The van der Waals surface area contributed by atoms with Gasteiger partial charge in [-0.05, 0) is 25.0 Å². The molecule has 20 heavy (non-hydrogen) atoms. The molecule has 0 unspecified atom stereocenters. The van der Waals surface area contributed by atoms with Crippen molar-refractivity contribution in [1.29, 1.82) is 0 Å². The molecule has 106 valence electrons. The van der Waals surface area contributed by atoms with Gasteiger partial charge in [-0.2, -0.15) is 4.98 Å². The molecule has 0 amide bonds. The van der Waals surface area contributed by atoms with Gasteiger partial charge in [0.05, 0.1) is 11.2 Å². The molecule has 1 aromatic carbocycles. The molecule has 0 atom stereocenters. The highest BCUT2D eigenvalue weighted by molar-refractivity contribution is 7.98. The summed E-state index contributed by atoms with van der Waals surface area (Å²) in [6, 6.07) is 10.3. The summed E-state index contributed by atoms with van der Waals surface area (Å²) in [7, 11) is 0. The quantitative estimate of drug-likeness (QED) is 0.857. The van der Waals surface area contributed by atoms with Gasteiger partial charge < -0.3 is 10.3 Å². The predicted octanol–water partition coefficient (Wildman–Crippen LogP) is 3.13. The lowest BCUT2D eigenvalue weighted by molar-refractivity contribution is 0.283. The van der Waals surface area contributed by atoms with Crippen molar-refractivity contribution in [3.63, 3.8) is 0 Å². The Morgan fingerprint density at radius 1 is 1.20 bits per heavy atom. The predicted molar refractivity (Wildman–Crippen MR) is 79.5 cm³/mol. The van der Waals surface area contributed by atoms with Crippen LogP contribution in [-0.4, -0.2) is 16.7 Å². The van der Waals surface area contributed by atoms with E-state index in [1.807, 2.05) is 18.2 Å². The second kappa shape index (κ2) is 5.97. The molecular weight excluding hydrogens is 270 g/mol. The minimum Gasteiger partial charge on any atom is -0.339 e. The lowest BCUT2D eigenvalue weighted by Crippen LogP contribution is -2.32. The molecule has 4 nitrogen and oxygen atoms in total. The van der Waals surface area contributed by atoms with E-state index in [4.69, 9.17) is 10.3 Å². The smallest absolute Gasteiger partial charge is 0.234 e. The Kier molecular flexibility index (Phi) is 4.08. The molecule has 1 aliphatic carbocycles. The van der Waals surface area contributed by atoms with Crippen LogP contribution in [0.4, 0.5) is 0 Å². The minimum atomic E-state index is -0.0668. The Balaban J connectivity index is 1.68. The summed E-state index contributed by atoms with van der Waals surface area (Å²) in [5.41, 5.74) is 5.88. The highest BCUT2D eigenvalue weighted by Gasteiger charge is 2.39. The second-order valence-corrected chi connectivity index (χ2v) is 6.36. The summed E-state index contributed by atoms with van der Waals surface area (Å²) < 4.78 is 5.48. The number of aromatic nitrogens is 2. The first-order chi connectivity index (χ1) is 9.82. The van der Waals surface area contributed by atoms with Gasteiger partial charge in [0.1, 0.15) is 0 Å². The average Bonchev–Trinajstić information content (AvgIpc) is 3.16. The number of benzene rings is 1. The molecular formula is C15H19N3OS. The van der Waals surface area contributed by atoms with Crippen LogP contribution in [0.15, 0.2) is 39.8 Å². The number of nitrogens with zero attached hydrogens (tertiary/aromatic N) is 2. The van der Waals surface area contributed by atoms with Crippen LogP contribution in [-0.2, 0) is 11.2 Å². The van der Waals surface area contributed by atoms with Crippen molar-refractivity contribution < 1.29 is 4.52 Å². The first-order valence-electron chi connectivity index (χ1n) is 7.03. The number of rotatable bonds is 5. The van der Waals surface area contributed by atoms with Crippen LogP contribution in [0.25, 0.3) is 0 Å². The van der Waals surface area contributed by atoms with E-state index in [9.17, 15) is 0 Å². The van der Waals surface area contributed by atoms with Crippen LogP contribution >= 0.6 is 11.8 Å². The Hall–Kier alpha value is -1.33. The van der Waals surface area contributed by atoms with E-state index >= 15 is 0 Å². The topological polar surface area (TPSA) is 64.9 Å². The number of hydrogen-bond donors (Lipinski definition) is 1. The zero-order valence-corrected chi connectivity index (χ0v) is 12.2. The van der Waals surface area contributed by atoms with E-state index in [0.29, 0.717) is 6.54 Å². The summed E-state index contributed by atoms with van der Waals surface area (Å²) >= 11 is 1.72. The van der Waals surface area contributed by atoms with Gasteiger partial charge in [0.2, 0.25) is 5.89 Å². The van der Waals surface area contributed by atoms with Gasteiger partial charge in [0.15, 0.2) is 5.82 Å². The third-order valence-corrected chi connectivity index (χ3v) is 4.99. The summed E-state index contributed by atoms with van der Waals surface area (Å²) in [5, 5.41) is 4.11. The van der Waals surface area contributed by atoms with Gasteiger partial charge in [-0.25, -0.2) is 0 Å². The molecule has 1 heterocycles. The van der Waals surface area contributed by atoms with Crippen LogP contribution in [0.1, 0.15) is 37.4 Å². The number of nitrogens with two attached hydrogens (primary N) is 1. The van der Waals surface area contributed by atoms with Crippen molar-refractivity contribution in [3.8, 4) is 0 Å². The van der Waals surface area contributed by atoms with Crippen LogP contribution in [0.5, 0.6) is 0 Å². The lowest BCUT2D eigenvalue weighted by atomic mass is 9.86. The molecule has 0 aliphatic heterocycles. The Morgan fingerprint density at radius 2 is 1.95 bits per heavy atom. The van der Waals surface area contributed by atoms with Crippen LogP contribution < -0.4 is 5.73 Å². The van der Waals surface area contributed by atoms with Crippen molar-refractivity contribution in [2.45, 2.75) is 41.7 Å². The highest BCUT2D eigenvalue weighted by Crippen LogP contribution is 2.39. The van der Waals surface area contributed by atoms with Gasteiger partial charge >= 0.3 is 0 Å². The second-order valence-electron chi connectivity index (χ2n) is 5.31. The van der Waals surface area contributed by atoms with E-state index in [1.165, 1.54) is 17.7 Å². The van der Waals surface area contributed by atoms with Gasteiger partial charge in [0, 0.05) is 11.4 Å². The lowest BCUT2D eigenvalue weighted by Gasteiger charge is -2.21. The van der Waals surface area contributed by atoms with Gasteiger partial charge in [0.25, 0.3) is 0 Å². The minimum absolute atomic E-state index is 0.0668. The highest BCUT2D eigenvalue weighted by atomic mass is 32.2. The SMILES string of the molecule is NCC1(c2nc(CSc3ccccc3)no2)CCCC1. The Labute approximate surface area is 123 Å². The third kappa shape index (κ3) is 2.74. The van der Waals surface area contributed by atoms with Crippen LogP contribution in [0, 0.1) is 0 Å². The van der Waals surface area contributed by atoms with E-state index < -0.39 is 0 Å². The molecule has 1 aromatic heterocycles. The van der Waals surface area contributed by atoms with Crippen molar-refractivity contribution in [2.24, 2.45) is 5.73 Å². The molecule has 1 saturated carbocycles. The first kappa shape index (κ1) is 13.6. The fraction of sp³-hybridized carbons (Fsp3) is 0.467. The fourth-order valence-corrected chi connectivity index (χ4v) is 3.51. The molecule has 0 bridgehead atoms. The van der Waals surface area contributed by atoms with Gasteiger partial charge in [-0.15, -0.1) is 11.8 Å². The molecule has 0 saturated heterocycles. The van der Waals surface area contributed by atoms with Crippen LogP contribution in [0.2, 0.25) is 0 Å². The van der Waals surface area contributed by atoms with E-state index in [-0.39, 0.29) is 5.41 Å². The summed E-state index contributed by atoms with van der Waals surface area (Å²) in [5.74, 6) is 2.23. The summed E-state index contributed by atoms with van der Waals surface area (Å²) in [6.07, 6.45) is 4.54. The molecule has 5 heteroatoms. The van der Waals surface area contributed by atoms with Gasteiger partial charge in [-0.1, -0.05) is 36.2 Å². The van der Waals surface area contributed by atoms with Crippen molar-refractivity contribution >= 4 is 11.8 Å². The van der Waals surface area contributed by atoms with E-state index in [1.54, 1.807) is 11.8 Å².